The van der Waals surface area contributed by atoms with Crippen LogP contribution in [0.15, 0.2) is 42.5 Å². The first-order valence-corrected chi connectivity index (χ1v) is 6.56. The highest BCUT2D eigenvalue weighted by molar-refractivity contribution is 14.1. The third kappa shape index (κ3) is 3.10. The van der Waals surface area contributed by atoms with Crippen LogP contribution in [0, 0.1) is 19.5 Å². The molecule has 2 rings (SSSR count). The summed E-state index contributed by atoms with van der Waals surface area (Å²) in [6.45, 7) is 0. The van der Waals surface area contributed by atoms with Crippen molar-refractivity contribution in [3.05, 3.63) is 67.5 Å². The smallest absolute Gasteiger partial charge is 0.304 e. The van der Waals surface area contributed by atoms with Crippen molar-refractivity contribution in [2.75, 3.05) is 5.32 Å². The van der Waals surface area contributed by atoms with Crippen molar-refractivity contribution in [2.24, 2.45) is 0 Å². The average Bonchev–Trinajstić information content (AvgIpc) is 2.40. The third-order valence-corrected chi connectivity index (χ3v) is 3.47. The Kier molecular flexibility index (Phi) is 4.28. The van der Waals surface area contributed by atoms with Gasteiger partial charge in [-0.25, -0.2) is 0 Å². The molecule has 7 heteroatoms. The number of carbonyl (C=O) groups is 1. The van der Waals surface area contributed by atoms with E-state index in [2.05, 4.69) is 27.9 Å². The van der Waals surface area contributed by atoms with E-state index in [0.717, 1.165) is 15.7 Å². The topological polar surface area (TPSA) is 72.2 Å². The molecule has 5 nitrogen and oxygen atoms in total. The number of benzene rings is 2. The number of carbonyl (C=O) groups excluding carboxylic acids is 1. The monoisotopic (exact) mass is 386 g/mol. The van der Waals surface area contributed by atoms with Gasteiger partial charge in [-0.2, -0.15) is 4.39 Å². The number of hydrogen-bond donors (Lipinski definition) is 1. The first-order valence-electron chi connectivity index (χ1n) is 5.49. The first kappa shape index (κ1) is 14.4. The molecule has 0 atom stereocenters. The lowest BCUT2D eigenvalue weighted by molar-refractivity contribution is -0.387. The molecular formula is C13H8FIN2O3. The SMILES string of the molecule is O=C(Nc1ccccc1I)c1ccc([N+](=O)[O-])c(F)c1. The Bertz CT molecular complexity index is 691. The molecule has 0 heterocycles. The molecule has 20 heavy (non-hydrogen) atoms. The lowest BCUT2D eigenvalue weighted by Gasteiger charge is -2.07. The number of nitro groups is 1. The summed E-state index contributed by atoms with van der Waals surface area (Å²) in [6.07, 6.45) is 0. The second kappa shape index (κ2) is 5.95. The van der Waals surface area contributed by atoms with Crippen LogP contribution in [-0.4, -0.2) is 10.8 Å². The standard InChI is InChI=1S/C13H8FIN2O3/c14-9-7-8(5-6-12(9)17(19)20)13(18)16-11-4-2-1-3-10(11)15/h1-7H,(H,16,18). The molecule has 1 amide bonds. The van der Waals surface area contributed by atoms with Gasteiger partial charge in [0.15, 0.2) is 0 Å². The van der Waals surface area contributed by atoms with Crippen LogP contribution in [0.4, 0.5) is 15.8 Å². The molecule has 0 saturated carbocycles. The van der Waals surface area contributed by atoms with Crippen LogP contribution in [0.3, 0.4) is 0 Å². The summed E-state index contributed by atoms with van der Waals surface area (Å²) < 4.78 is 14.3. The molecule has 2 aromatic carbocycles. The van der Waals surface area contributed by atoms with Crippen LogP contribution >= 0.6 is 22.6 Å². The molecule has 0 aromatic heterocycles. The average molecular weight is 386 g/mol. The molecule has 0 bridgehead atoms. The van der Waals surface area contributed by atoms with Gasteiger partial charge in [0.25, 0.3) is 5.91 Å². The lowest BCUT2D eigenvalue weighted by Crippen LogP contribution is -2.13. The van der Waals surface area contributed by atoms with Gasteiger partial charge in [0.1, 0.15) is 0 Å². The van der Waals surface area contributed by atoms with Gasteiger partial charge in [0.05, 0.1) is 10.6 Å². The Morgan fingerprint density at radius 2 is 1.95 bits per heavy atom. The predicted molar refractivity (Wildman–Crippen MR) is 80.2 cm³/mol. The van der Waals surface area contributed by atoms with Crippen LogP contribution in [-0.2, 0) is 0 Å². The minimum atomic E-state index is -1.04. The molecular weight excluding hydrogens is 378 g/mol. The highest BCUT2D eigenvalue weighted by atomic mass is 127. The summed E-state index contributed by atoms with van der Waals surface area (Å²) in [6, 6.07) is 10.1. The van der Waals surface area contributed by atoms with E-state index in [0.29, 0.717) is 5.69 Å². The van der Waals surface area contributed by atoms with Gasteiger partial charge < -0.3 is 5.32 Å². The summed E-state index contributed by atoms with van der Waals surface area (Å²) in [4.78, 5) is 21.6. The second-order valence-corrected chi connectivity index (χ2v) is 5.02. The van der Waals surface area contributed by atoms with E-state index >= 15 is 0 Å². The summed E-state index contributed by atoms with van der Waals surface area (Å²) in [5, 5.41) is 13.1. The van der Waals surface area contributed by atoms with Crippen molar-refractivity contribution in [1.29, 1.82) is 0 Å². The normalized spacial score (nSPS) is 10.1. The minimum absolute atomic E-state index is 0.0211. The van der Waals surface area contributed by atoms with Gasteiger partial charge in [-0.15, -0.1) is 0 Å². The first-order chi connectivity index (χ1) is 9.49. The molecule has 0 spiro atoms. The number of rotatable bonds is 3. The highest BCUT2D eigenvalue weighted by Crippen LogP contribution is 2.21. The van der Waals surface area contributed by atoms with Crippen molar-refractivity contribution in [3.8, 4) is 0 Å². The fourth-order valence-electron chi connectivity index (χ4n) is 1.55. The number of para-hydroxylation sites is 1. The number of amides is 1. The Labute approximate surface area is 127 Å². The van der Waals surface area contributed by atoms with Crippen LogP contribution in [0.1, 0.15) is 10.4 Å². The van der Waals surface area contributed by atoms with E-state index in [9.17, 15) is 19.3 Å². The molecule has 0 unspecified atom stereocenters. The van der Waals surface area contributed by atoms with Crippen LogP contribution < -0.4 is 5.32 Å². The molecule has 2 aromatic rings. The fraction of sp³-hybridized carbons (Fsp3) is 0. The van der Waals surface area contributed by atoms with Gasteiger partial charge in [-0.05, 0) is 46.9 Å². The zero-order valence-corrected chi connectivity index (χ0v) is 12.1. The van der Waals surface area contributed by atoms with Gasteiger partial charge in [0.2, 0.25) is 5.82 Å². The van der Waals surface area contributed by atoms with Crippen molar-refractivity contribution in [3.63, 3.8) is 0 Å². The van der Waals surface area contributed by atoms with E-state index in [1.807, 2.05) is 12.1 Å². The van der Waals surface area contributed by atoms with Gasteiger partial charge in [-0.1, -0.05) is 12.1 Å². The summed E-state index contributed by atoms with van der Waals surface area (Å²) in [5.41, 5.74) is -0.0412. The Morgan fingerprint density at radius 3 is 2.55 bits per heavy atom. The third-order valence-electron chi connectivity index (χ3n) is 2.53. The molecule has 102 valence electrons. The molecule has 0 aliphatic heterocycles. The number of anilines is 1. The highest BCUT2D eigenvalue weighted by Gasteiger charge is 2.17. The number of nitrogens with zero attached hydrogens (tertiary/aromatic N) is 1. The quantitative estimate of drug-likeness (QED) is 0.498. The summed E-state index contributed by atoms with van der Waals surface area (Å²) in [5.74, 6) is -1.56. The Hall–Kier alpha value is -2.03. The zero-order chi connectivity index (χ0) is 14.7. The summed E-state index contributed by atoms with van der Waals surface area (Å²) >= 11 is 2.06. The maximum atomic E-state index is 13.5. The summed E-state index contributed by atoms with van der Waals surface area (Å²) in [7, 11) is 0. The van der Waals surface area contributed by atoms with E-state index in [1.54, 1.807) is 12.1 Å². The lowest BCUT2D eigenvalue weighted by atomic mass is 10.2. The maximum Gasteiger partial charge on any atom is 0.304 e. The van der Waals surface area contributed by atoms with Crippen LogP contribution in [0.5, 0.6) is 0 Å². The van der Waals surface area contributed by atoms with Crippen molar-refractivity contribution >= 4 is 39.9 Å². The van der Waals surface area contributed by atoms with Gasteiger partial charge in [-0.3, -0.25) is 14.9 Å². The van der Waals surface area contributed by atoms with E-state index < -0.39 is 22.3 Å². The molecule has 0 aliphatic rings. The van der Waals surface area contributed by atoms with Crippen molar-refractivity contribution in [1.82, 2.24) is 0 Å². The number of nitrogens with one attached hydrogen (secondary N) is 1. The largest absolute Gasteiger partial charge is 0.321 e. The minimum Gasteiger partial charge on any atom is -0.321 e. The van der Waals surface area contributed by atoms with E-state index in [1.165, 1.54) is 6.07 Å². The Balaban J connectivity index is 2.24. The Morgan fingerprint density at radius 1 is 1.25 bits per heavy atom. The molecule has 0 fully saturated rings. The predicted octanol–water partition coefficient (Wildman–Crippen LogP) is 3.59. The zero-order valence-electron chi connectivity index (χ0n) is 9.97. The maximum absolute atomic E-state index is 13.5. The molecule has 0 radical (unpaired) electrons. The molecule has 0 aliphatic carbocycles. The molecule has 1 N–H and O–H groups in total. The van der Waals surface area contributed by atoms with Gasteiger partial charge >= 0.3 is 5.69 Å². The number of nitro benzene ring substituents is 1. The number of halogens is 2. The molecule has 0 saturated heterocycles. The number of hydrogen-bond acceptors (Lipinski definition) is 3. The van der Waals surface area contributed by atoms with E-state index in [-0.39, 0.29) is 5.56 Å². The fourth-order valence-corrected chi connectivity index (χ4v) is 2.08. The van der Waals surface area contributed by atoms with Gasteiger partial charge in [0, 0.05) is 15.2 Å². The van der Waals surface area contributed by atoms with Crippen molar-refractivity contribution in [2.45, 2.75) is 0 Å². The second-order valence-electron chi connectivity index (χ2n) is 3.86. The van der Waals surface area contributed by atoms with Crippen LogP contribution in [0.2, 0.25) is 0 Å². The van der Waals surface area contributed by atoms with Crippen molar-refractivity contribution < 1.29 is 14.1 Å². The van der Waals surface area contributed by atoms with E-state index in [4.69, 9.17) is 0 Å². The van der Waals surface area contributed by atoms with Crippen LogP contribution in [0.25, 0.3) is 0 Å².